The fraction of sp³-hybridized carbons (Fsp3) is 0.500. The number of carbonyl (C=O) groups is 3. The van der Waals surface area contributed by atoms with E-state index in [2.05, 4.69) is 10.1 Å². The number of nitrogens with one attached hydrogen (secondary N) is 1. The van der Waals surface area contributed by atoms with Gasteiger partial charge in [0, 0.05) is 26.3 Å². The van der Waals surface area contributed by atoms with Gasteiger partial charge in [-0.1, -0.05) is 18.2 Å². The summed E-state index contributed by atoms with van der Waals surface area (Å²) >= 11 is 0. The lowest BCUT2D eigenvalue weighted by Crippen LogP contribution is -2.51. The van der Waals surface area contributed by atoms with Crippen LogP contribution in [0.25, 0.3) is 0 Å². The Bertz CT molecular complexity index is 753. The zero-order valence-corrected chi connectivity index (χ0v) is 15.3. The molecular weight excluding hydrogens is 381 g/mol. The molecule has 0 unspecified atom stereocenters. The Hall–Kier alpha value is -2.62. The first-order chi connectivity index (χ1) is 13.0. The van der Waals surface area contributed by atoms with Crippen LogP contribution >= 0.6 is 0 Å². The number of amides is 2. The second kappa shape index (κ2) is 8.59. The van der Waals surface area contributed by atoms with Crippen LogP contribution in [-0.4, -0.2) is 59.6 Å². The van der Waals surface area contributed by atoms with Crippen molar-refractivity contribution in [1.29, 1.82) is 0 Å². The van der Waals surface area contributed by atoms with Crippen molar-refractivity contribution < 1.29 is 37.4 Å². The number of esters is 1. The van der Waals surface area contributed by atoms with Crippen LogP contribution in [0.2, 0.25) is 0 Å². The molecule has 0 bridgehead atoms. The lowest BCUT2D eigenvalue weighted by Gasteiger charge is -2.24. The largest absolute Gasteiger partial charge is 0.467 e. The van der Waals surface area contributed by atoms with Gasteiger partial charge in [0.2, 0.25) is 11.8 Å². The Morgan fingerprint density at radius 1 is 1.36 bits per heavy atom. The molecule has 1 heterocycles. The second-order valence-electron chi connectivity index (χ2n) is 6.56. The van der Waals surface area contributed by atoms with Crippen LogP contribution in [0.3, 0.4) is 0 Å². The first-order valence-corrected chi connectivity index (χ1v) is 8.52. The maximum Gasteiger partial charge on any atom is 0.416 e. The standard InChI is InChI=1S/C18H21F3N2O5/c1-10(24)23-9-13(25)8-15(23)16(26)22-14(17(27)28-2)7-11-4-3-5-12(6-11)18(19,20)21/h3-6,13-15,25H,7-9H2,1-2H3,(H,22,26)/t13-,14-,15+/m1/s1. The van der Waals surface area contributed by atoms with Gasteiger partial charge in [0.25, 0.3) is 0 Å². The third-order valence-electron chi connectivity index (χ3n) is 4.48. The number of halogens is 3. The Kier molecular flexibility index (Phi) is 6.65. The number of rotatable bonds is 5. The predicted octanol–water partition coefficient (Wildman–Crippen LogP) is 0.887. The lowest BCUT2D eigenvalue weighted by molar-refractivity contribution is -0.146. The molecule has 0 spiro atoms. The zero-order valence-electron chi connectivity index (χ0n) is 15.3. The number of ether oxygens (including phenoxy) is 1. The first kappa shape index (κ1) is 21.7. The monoisotopic (exact) mass is 402 g/mol. The van der Waals surface area contributed by atoms with E-state index in [9.17, 15) is 32.7 Å². The van der Waals surface area contributed by atoms with Crippen molar-refractivity contribution in [3.63, 3.8) is 0 Å². The van der Waals surface area contributed by atoms with Gasteiger partial charge in [0.05, 0.1) is 18.8 Å². The molecule has 1 aromatic carbocycles. The van der Waals surface area contributed by atoms with Gasteiger partial charge in [-0.25, -0.2) is 4.79 Å². The number of methoxy groups -OCH3 is 1. The molecule has 154 valence electrons. The molecule has 1 aliphatic rings. The highest BCUT2D eigenvalue weighted by atomic mass is 19.4. The molecule has 0 saturated carbocycles. The summed E-state index contributed by atoms with van der Waals surface area (Å²) in [6, 6.07) is 2.19. The number of β-amino-alcohol motifs (C(OH)–C–C–N with tert-alkyl or cyclic N) is 1. The molecule has 7 nitrogen and oxygen atoms in total. The zero-order chi connectivity index (χ0) is 21.1. The fourth-order valence-corrected chi connectivity index (χ4v) is 3.12. The number of aliphatic hydroxyl groups is 1. The summed E-state index contributed by atoms with van der Waals surface area (Å²) in [5, 5.41) is 12.1. The molecule has 28 heavy (non-hydrogen) atoms. The third-order valence-corrected chi connectivity index (χ3v) is 4.48. The second-order valence-corrected chi connectivity index (χ2v) is 6.56. The van der Waals surface area contributed by atoms with E-state index in [1.165, 1.54) is 24.0 Å². The Morgan fingerprint density at radius 2 is 2.04 bits per heavy atom. The van der Waals surface area contributed by atoms with Crippen LogP contribution in [0.1, 0.15) is 24.5 Å². The van der Waals surface area contributed by atoms with Gasteiger partial charge in [0.1, 0.15) is 12.1 Å². The molecule has 2 N–H and O–H groups in total. The molecule has 1 aromatic rings. The Labute approximate surface area is 159 Å². The van der Waals surface area contributed by atoms with Crippen LogP contribution in [0.15, 0.2) is 24.3 Å². The van der Waals surface area contributed by atoms with Crippen LogP contribution in [-0.2, 0) is 31.7 Å². The molecule has 0 aliphatic carbocycles. The Morgan fingerprint density at radius 3 is 2.61 bits per heavy atom. The van der Waals surface area contributed by atoms with Gasteiger partial charge >= 0.3 is 12.1 Å². The summed E-state index contributed by atoms with van der Waals surface area (Å²) in [6.07, 6.45) is -5.64. The Balaban J connectivity index is 2.17. The number of hydrogen-bond acceptors (Lipinski definition) is 5. The van der Waals surface area contributed by atoms with Gasteiger partial charge in [-0.2, -0.15) is 13.2 Å². The quantitative estimate of drug-likeness (QED) is 0.714. The smallest absolute Gasteiger partial charge is 0.416 e. The van der Waals surface area contributed by atoms with Crippen molar-refractivity contribution >= 4 is 17.8 Å². The molecule has 1 saturated heterocycles. The molecule has 1 fully saturated rings. The van der Waals surface area contributed by atoms with E-state index in [0.717, 1.165) is 19.2 Å². The molecule has 3 atom stereocenters. The highest BCUT2D eigenvalue weighted by Crippen LogP contribution is 2.29. The average molecular weight is 402 g/mol. The number of carbonyl (C=O) groups excluding carboxylic acids is 3. The minimum atomic E-state index is -4.54. The number of hydrogen-bond donors (Lipinski definition) is 2. The molecule has 2 rings (SSSR count). The summed E-state index contributed by atoms with van der Waals surface area (Å²) in [6.45, 7) is 1.24. The first-order valence-electron chi connectivity index (χ1n) is 8.52. The summed E-state index contributed by atoms with van der Waals surface area (Å²) in [5.74, 6) is -1.93. The van der Waals surface area contributed by atoms with Gasteiger partial charge in [-0.15, -0.1) is 0 Å². The van der Waals surface area contributed by atoms with Gasteiger partial charge < -0.3 is 20.1 Å². The van der Waals surface area contributed by atoms with Crippen molar-refractivity contribution in [2.24, 2.45) is 0 Å². The van der Waals surface area contributed by atoms with Gasteiger partial charge in [-0.3, -0.25) is 9.59 Å². The van der Waals surface area contributed by atoms with E-state index in [1.807, 2.05) is 0 Å². The molecule has 10 heteroatoms. The normalized spacial score (nSPS) is 20.6. The highest BCUT2D eigenvalue weighted by molar-refractivity contribution is 5.91. The highest BCUT2D eigenvalue weighted by Gasteiger charge is 2.39. The number of alkyl halides is 3. The van der Waals surface area contributed by atoms with E-state index < -0.39 is 47.7 Å². The molecule has 1 aliphatic heterocycles. The summed E-state index contributed by atoms with van der Waals surface area (Å²) in [5.41, 5.74) is -0.693. The van der Waals surface area contributed by atoms with Crippen molar-refractivity contribution in [2.75, 3.05) is 13.7 Å². The minimum absolute atomic E-state index is 0.00284. The number of nitrogens with zero attached hydrogens (tertiary/aromatic N) is 1. The molecular formula is C18H21F3N2O5. The maximum absolute atomic E-state index is 12.9. The molecule has 2 amide bonds. The van der Waals surface area contributed by atoms with Crippen LogP contribution in [0.5, 0.6) is 0 Å². The lowest BCUT2D eigenvalue weighted by atomic mass is 10.0. The fourth-order valence-electron chi connectivity index (χ4n) is 3.12. The molecule has 0 radical (unpaired) electrons. The van der Waals surface area contributed by atoms with Crippen molar-refractivity contribution in [3.8, 4) is 0 Å². The van der Waals surface area contributed by atoms with Crippen LogP contribution in [0.4, 0.5) is 13.2 Å². The van der Waals surface area contributed by atoms with Crippen LogP contribution < -0.4 is 5.32 Å². The maximum atomic E-state index is 12.9. The molecule has 0 aromatic heterocycles. The minimum Gasteiger partial charge on any atom is -0.467 e. The SMILES string of the molecule is COC(=O)[C@@H](Cc1cccc(C(F)(F)F)c1)NC(=O)[C@@H]1C[C@@H](O)CN1C(C)=O. The van der Waals surface area contributed by atoms with Crippen LogP contribution in [0, 0.1) is 0 Å². The summed E-state index contributed by atoms with van der Waals surface area (Å²) < 4.78 is 43.3. The summed E-state index contributed by atoms with van der Waals surface area (Å²) in [7, 11) is 1.09. The number of benzene rings is 1. The van der Waals surface area contributed by atoms with E-state index >= 15 is 0 Å². The average Bonchev–Trinajstić information content (AvgIpc) is 3.02. The predicted molar refractivity (Wildman–Crippen MR) is 90.9 cm³/mol. The van der Waals surface area contributed by atoms with Gasteiger partial charge in [0.15, 0.2) is 0 Å². The van der Waals surface area contributed by atoms with E-state index in [-0.39, 0.29) is 24.9 Å². The number of likely N-dealkylation sites (tertiary alicyclic amines) is 1. The van der Waals surface area contributed by atoms with Crippen molar-refractivity contribution in [3.05, 3.63) is 35.4 Å². The van der Waals surface area contributed by atoms with Crippen molar-refractivity contribution in [1.82, 2.24) is 10.2 Å². The summed E-state index contributed by atoms with van der Waals surface area (Å²) in [4.78, 5) is 37.4. The van der Waals surface area contributed by atoms with E-state index in [1.54, 1.807) is 0 Å². The van der Waals surface area contributed by atoms with E-state index in [4.69, 9.17) is 0 Å². The van der Waals surface area contributed by atoms with E-state index in [0.29, 0.717) is 0 Å². The number of aliphatic hydroxyl groups excluding tert-OH is 1. The van der Waals surface area contributed by atoms with Gasteiger partial charge in [-0.05, 0) is 11.6 Å². The van der Waals surface area contributed by atoms with Crippen molar-refractivity contribution in [2.45, 2.75) is 44.1 Å². The topological polar surface area (TPSA) is 95.9 Å². The third kappa shape index (κ3) is 5.22.